The molecule has 18 heavy (non-hydrogen) atoms. The van der Waals surface area contributed by atoms with E-state index in [1.165, 1.54) is 17.0 Å². The monoisotopic (exact) mass is 270 g/mol. The minimum absolute atomic E-state index is 0.115. The summed E-state index contributed by atoms with van der Waals surface area (Å²) in [5.41, 5.74) is 3.75. The van der Waals surface area contributed by atoms with Crippen LogP contribution in [0.1, 0.15) is 29.8 Å². The van der Waals surface area contributed by atoms with Crippen molar-refractivity contribution < 1.29 is 8.42 Å². The topological polar surface area (TPSA) is 51.1 Å². The van der Waals surface area contributed by atoms with Crippen LogP contribution in [0, 0.1) is 13.8 Å². The zero-order valence-corrected chi connectivity index (χ0v) is 12.2. The molecule has 0 bridgehead atoms. The second-order valence-corrected chi connectivity index (χ2v) is 7.52. The Morgan fingerprint density at radius 3 is 2.72 bits per heavy atom. The van der Waals surface area contributed by atoms with E-state index in [0.717, 1.165) is 19.4 Å². The van der Waals surface area contributed by atoms with E-state index in [2.05, 4.69) is 36.8 Å². The molecule has 1 aliphatic heterocycles. The summed E-state index contributed by atoms with van der Waals surface area (Å²) in [5.74, 6) is 0.645. The van der Waals surface area contributed by atoms with Crippen molar-refractivity contribution in [2.24, 2.45) is 7.05 Å². The molecule has 1 saturated heterocycles. The molecule has 4 nitrogen and oxygen atoms in total. The molecule has 1 fully saturated rings. The molecule has 0 amide bonds. The van der Waals surface area contributed by atoms with Crippen LogP contribution in [-0.4, -0.2) is 30.5 Å². The molecule has 1 aliphatic rings. The fourth-order valence-corrected chi connectivity index (χ4v) is 4.22. The summed E-state index contributed by atoms with van der Waals surface area (Å²) in [6.45, 7) is 4.94. The van der Waals surface area contributed by atoms with Crippen LogP contribution in [0.2, 0.25) is 0 Å². The van der Waals surface area contributed by atoms with Gasteiger partial charge >= 0.3 is 0 Å². The van der Waals surface area contributed by atoms with Crippen LogP contribution < -0.4 is 5.32 Å². The number of aromatic nitrogens is 1. The fourth-order valence-electron chi connectivity index (χ4n) is 2.55. The summed E-state index contributed by atoms with van der Waals surface area (Å²) in [4.78, 5) is 0. The van der Waals surface area contributed by atoms with Crippen molar-refractivity contribution in [3.05, 3.63) is 23.0 Å². The Labute approximate surface area is 109 Å². The van der Waals surface area contributed by atoms with E-state index in [1.54, 1.807) is 0 Å². The van der Waals surface area contributed by atoms with Gasteiger partial charge in [-0.1, -0.05) is 0 Å². The van der Waals surface area contributed by atoms with Crippen molar-refractivity contribution in [3.8, 4) is 0 Å². The van der Waals surface area contributed by atoms with E-state index in [1.807, 2.05) is 0 Å². The largest absolute Gasteiger partial charge is 0.352 e. The third kappa shape index (κ3) is 2.95. The fraction of sp³-hybridized carbons (Fsp3) is 0.692. The molecule has 2 rings (SSSR count). The van der Waals surface area contributed by atoms with Gasteiger partial charge in [0.15, 0.2) is 9.84 Å². The molecule has 1 aromatic rings. The van der Waals surface area contributed by atoms with Gasteiger partial charge in [0.1, 0.15) is 0 Å². The second-order valence-electron chi connectivity index (χ2n) is 5.29. The third-order valence-electron chi connectivity index (χ3n) is 3.92. The normalized spacial score (nSPS) is 23.2. The first kappa shape index (κ1) is 13.6. The maximum atomic E-state index is 11.6. The maximum Gasteiger partial charge on any atom is 0.151 e. The predicted octanol–water partition coefficient (Wildman–Crippen LogP) is 1.31. The lowest BCUT2D eigenvalue weighted by Crippen LogP contribution is -2.39. The highest BCUT2D eigenvalue weighted by molar-refractivity contribution is 7.91. The van der Waals surface area contributed by atoms with Crippen molar-refractivity contribution in [3.63, 3.8) is 0 Å². The van der Waals surface area contributed by atoms with E-state index in [4.69, 9.17) is 0 Å². The molecular formula is C13H22N2O2S. The van der Waals surface area contributed by atoms with Crippen molar-refractivity contribution in [1.29, 1.82) is 0 Å². The summed E-state index contributed by atoms with van der Waals surface area (Å²) in [6.07, 6.45) is 1.75. The Bertz CT molecular complexity index is 531. The lowest BCUT2D eigenvalue weighted by atomic mass is 10.1. The summed E-state index contributed by atoms with van der Waals surface area (Å²) in [7, 11) is -0.762. The van der Waals surface area contributed by atoms with E-state index in [9.17, 15) is 8.42 Å². The lowest BCUT2D eigenvalue weighted by Gasteiger charge is -2.23. The van der Waals surface area contributed by atoms with Crippen LogP contribution in [0.25, 0.3) is 0 Å². The molecule has 2 heterocycles. The first-order valence-corrected chi connectivity index (χ1v) is 8.27. The van der Waals surface area contributed by atoms with Crippen LogP contribution in [-0.2, 0) is 23.4 Å². The first-order valence-electron chi connectivity index (χ1n) is 6.44. The number of aryl methyl sites for hydroxylation is 1. The molecule has 0 radical (unpaired) electrons. The minimum atomic E-state index is -2.82. The van der Waals surface area contributed by atoms with Gasteiger partial charge in [-0.05, 0) is 38.3 Å². The van der Waals surface area contributed by atoms with Crippen molar-refractivity contribution >= 4 is 9.84 Å². The second kappa shape index (κ2) is 5.05. The van der Waals surface area contributed by atoms with Crippen LogP contribution in [0.4, 0.5) is 0 Å². The van der Waals surface area contributed by atoms with Crippen LogP contribution in [0.3, 0.4) is 0 Å². The Morgan fingerprint density at radius 1 is 1.44 bits per heavy atom. The molecule has 0 aliphatic carbocycles. The highest BCUT2D eigenvalue weighted by atomic mass is 32.2. The molecule has 0 saturated carbocycles. The highest BCUT2D eigenvalue weighted by Crippen LogP contribution is 2.16. The van der Waals surface area contributed by atoms with Crippen LogP contribution in [0.15, 0.2) is 6.07 Å². The molecule has 1 N–H and O–H groups in total. The lowest BCUT2D eigenvalue weighted by molar-refractivity contribution is 0.479. The third-order valence-corrected chi connectivity index (χ3v) is 5.75. The molecule has 102 valence electrons. The van der Waals surface area contributed by atoms with E-state index in [-0.39, 0.29) is 11.8 Å². The Balaban J connectivity index is 1.97. The van der Waals surface area contributed by atoms with Crippen LogP contribution >= 0.6 is 0 Å². The van der Waals surface area contributed by atoms with Gasteiger partial charge in [0, 0.05) is 31.0 Å². The summed E-state index contributed by atoms with van der Waals surface area (Å²) in [6, 6.07) is 2.28. The minimum Gasteiger partial charge on any atom is -0.352 e. The predicted molar refractivity (Wildman–Crippen MR) is 73.4 cm³/mol. The Hall–Kier alpha value is -0.810. The smallest absolute Gasteiger partial charge is 0.151 e. The van der Waals surface area contributed by atoms with Crippen molar-refractivity contribution in [1.82, 2.24) is 9.88 Å². The molecule has 1 aromatic heterocycles. The van der Waals surface area contributed by atoms with E-state index >= 15 is 0 Å². The van der Waals surface area contributed by atoms with Crippen molar-refractivity contribution in [2.45, 2.75) is 39.3 Å². The van der Waals surface area contributed by atoms with Gasteiger partial charge in [-0.15, -0.1) is 0 Å². The quantitative estimate of drug-likeness (QED) is 0.901. The Kier molecular flexibility index (Phi) is 3.82. The molecule has 1 unspecified atom stereocenters. The summed E-state index contributed by atoms with van der Waals surface area (Å²) < 4.78 is 25.3. The molecule has 5 heteroatoms. The number of sulfone groups is 1. The van der Waals surface area contributed by atoms with Crippen molar-refractivity contribution in [2.75, 3.05) is 11.5 Å². The van der Waals surface area contributed by atoms with Gasteiger partial charge in [0.25, 0.3) is 0 Å². The average molecular weight is 270 g/mol. The zero-order chi connectivity index (χ0) is 13.3. The Morgan fingerprint density at radius 2 is 2.17 bits per heavy atom. The van der Waals surface area contributed by atoms with Gasteiger partial charge in [-0.3, -0.25) is 0 Å². The summed E-state index contributed by atoms with van der Waals surface area (Å²) >= 11 is 0. The van der Waals surface area contributed by atoms with Gasteiger partial charge in [0.05, 0.1) is 11.5 Å². The number of rotatable bonds is 3. The summed E-state index contributed by atoms with van der Waals surface area (Å²) in [5, 5.41) is 3.38. The van der Waals surface area contributed by atoms with Crippen LogP contribution in [0.5, 0.6) is 0 Å². The molecule has 0 aromatic carbocycles. The van der Waals surface area contributed by atoms with E-state index < -0.39 is 9.84 Å². The van der Waals surface area contributed by atoms with Gasteiger partial charge < -0.3 is 9.88 Å². The molecule has 1 atom stereocenters. The molecular weight excluding hydrogens is 248 g/mol. The number of hydrogen-bond acceptors (Lipinski definition) is 3. The first-order chi connectivity index (χ1) is 8.39. The van der Waals surface area contributed by atoms with Gasteiger partial charge in [0.2, 0.25) is 0 Å². The van der Waals surface area contributed by atoms with E-state index in [0.29, 0.717) is 5.75 Å². The maximum absolute atomic E-state index is 11.6. The highest BCUT2D eigenvalue weighted by Gasteiger charge is 2.24. The standard InChI is InChI=1S/C13H22N2O2S/c1-10-7-12(11(2)15(10)3)8-14-13-5-4-6-18(16,17)9-13/h7,13-14H,4-6,8-9H2,1-3H3. The number of nitrogens with one attached hydrogen (secondary N) is 1. The number of hydrogen-bond donors (Lipinski definition) is 1. The van der Waals surface area contributed by atoms with Gasteiger partial charge in [-0.2, -0.15) is 0 Å². The average Bonchev–Trinajstić information content (AvgIpc) is 2.53. The molecule has 0 spiro atoms. The van der Waals surface area contributed by atoms with Gasteiger partial charge in [-0.25, -0.2) is 8.42 Å². The SMILES string of the molecule is Cc1cc(CNC2CCCS(=O)(=O)C2)c(C)n1C. The zero-order valence-electron chi connectivity index (χ0n) is 11.4. The number of nitrogens with zero attached hydrogens (tertiary/aromatic N) is 1.